The molecule has 0 fully saturated rings. The second kappa shape index (κ2) is 7.31. The first kappa shape index (κ1) is 15.6. The molecule has 21 heavy (non-hydrogen) atoms. The molecule has 1 aromatic carbocycles. The number of nitrogens with two attached hydrogens (primary N) is 1. The van der Waals surface area contributed by atoms with Crippen LogP contribution in [0.25, 0.3) is 11.0 Å². The molecule has 0 unspecified atom stereocenters. The van der Waals surface area contributed by atoms with E-state index in [0.717, 1.165) is 35.9 Å². The van der Waals surface area contributed by atoms with Crippen LogP contribution in [-0.4, -0.2) is 11.7 Å². The number of amidine groups is 1. The average Bonchev–Trinajstić information content (AvgIpc) is 2.49. The van der Waals surface area contributed by atoms with Crippen LogP contribution >= 0.6 is 11.8 Å². The van der Waals surface area contributed by atoms with Gasteiger partial charge in [-0.15, -0.1) is 0 Å². The highest BCUT2D eigenvalue weighted by Crippen LogP contribution is 2.22. The first-order valence-electron chi connectivity index (χ1n) is 7.12. The van der Waals surface area contributed by atoms with Gasteiger partial charge in [0.25, 0.3) is 0 Å². The summed E-state index contributed by atoms with van der Waals surface area (Å²) in [4.78, 5) is 15.9. The van der Waals surface area contributed by atoms with Gasteiger partial charge in [0.2, 0.25) is 0 Å². The molecule has 2 N–H and O–H groups in total. The molecule has 0 saturated heterocycles. The SMILES string of the molecule is CCCN=C(N)SCc1cc(=O)oc2cc(CC)ccc12. The minimum absolute atomic E-state index is 0.324. The van der Waals surface area contributed by atoms with E-state index < -0.39 is 0 Å². The van der Waals surface area contributed by atoms with Crippen LogP contribution in [0.3, 0.4) is 0 Å². The molecule has 1 heterocycles. The Kier molecular flexibility index (Phi) is 5.44. The van der Waals surface area contributed by atoms with Crippen LogP contribution in [0, 0.1) is 0 Å². The summed E-state index contributed by atoms with van der Waals surface area (Å²) < 4.78 is 5.29. The van der Waals surface area contributed by atoms with Crippen LogP contribution < -0.4 is 11.4 Å². The minimum Gasteiger partial charge on any atom is -0.423 e. The summed E-state index contributed by atoms with van der Waals surface area (Å²) in [5.41, 5.74) is 8.25. The third-order valence-electron chi connectivity index (χ3n) is 3.17. The van der Waals surface area contributed by atoms with Crippen molar-refractivity contribution in [3.63, 3.8) is 0 Å². The molecule has 0 saturated carbocycles. The van der Waals surface area contributed by atoms with E-state index >= 15 is 0 Å². The molecule has 0 aliphatic heterocycles. The Labute approximate surface area is 128 Å². The Morgan fingerprint density at radius 3 is 2.86 bits per heavy atom. The van der Waals surface area contributed by atoms with Crippen LogP contribution in [0.4, 0.5) is 0 Å². The number of thioether (sulfide) groups is 1. The Bertz CT molecular complexity index is 707. The monoisotopic (exact) mass is 304 g/mol. The third-order valence-corrected chi connectivity index (χ3v) is 4.05. The summed E-state index contributed by atoms with van der Waals surface area (Å²) in [6.07, 6.45) is 1.88. The largest absolute Gasteiger partial charge is 0.423 e. The zero-order chi connectivity index (χ0) is 15.2. The van der Waals surface area contributed by atoms with Crippen LogP contribution in [0.1, 0.15) is 31.4 Å². The first-order valence-corrected chi connectivity index (χ1v) is 8.11. The lowest BCUT2D eigenvalue weighted by Crippen LogP contribution is -2.08. The van der Waals surface area contributed by atoms with Gasteiger partial charge in [0, 0.05) is 23.8 Å². The zero-order valence-electron chi connectivity index (χ0n) is 12.4. The molecule has 0 aliphatic carbocycles. The van der Waals surface area contributed by atoms with E-state index in [-0.39, 0.29) is 5.63 Å². The second-order valence-electron chi connectivity index (χ2n) is 4.78. The van der Waals surface area contributed by atoms with Gasteiger partial charge in [-0.3, -0.25) is 4.99 Å². The fourth-order valence-electron chi connectivity index (χ4n) is 2.03. The van der Waals surface area contributed by atoms with E-state index in [1.807, 2.05) is 12.1 Å². The highest BCUT2D eigenvalue weighted by Gasteiger charge is 2.07. The summed E-state index contributed by atoms with van der Waals surface area (Å²) in [7, 11) is 0. The van der Waals surface area contributed by atoms with Crippen LogP contribution in [-0.2, 0) is 12.2 Å². The molecule has 0 radical (unpaired) electrons. The molecule has 4 nitrogen and oxygen atoms in total. The number of fused-ring (bicyclic) bond motifs is 1. The molecule has 5 heteroatoms. The standard InChI is InChI=1S/C16H20N2O2S/c1-3-7-18-16(17)21-10-12-9-15(19)20-14-8-11(4-2)5-6-13(12)14/h5-6,8-9H,3-4,7,10H2,1-2H3,(H2,17,18). The Morgan fingerprint density at radius 2 is 2.14 bits per heavy atom. The molecular weight excluding hydrogens is 284 g/mol. The van der Waals surface area contributed by atoms with Crippen molar-refractivity contribution in [1.82, 2.24) is 0 Å². The molecule has 0 aliphatic rings. The molecule has 2 aromatic rings. The van der Waals surface area contributed by atoms with Gasteiger partial charge in [-0.05, 0) is 30.0 Å². The van der Waals surface area contributed by atoms with Crippen molar-refractivity contribution >= 4 is 27.9 Å². The Morgan fingerprint density at radius 1 is 1.33 bits per heavy atom. The lowest BCUT2D eigenvalue weighted by molar-refractivity contribution is 0.559. The summed E-state index contributed by atoms with van der Waals surface area (Å²) in [6.45, 7) is 4.86. The summed E-state index contributed by atoms with van der Waals surface area (Å²) >= 11 is 1.45. The van der Waals surface area contributed by atoms with Gasteiger partial charge in [0.1, 0.15) is 5.58 Å². The van der Waals surface area contributed by atoms with E-state index in [9.17, 15) is 4.79 Å². The smallest absolute Gasteiger partial charge is 0.336 e. The van der Waals surface area contributed by atoms with Crippen LogP contribution in [0.15, 0.2) is 38.5 Å². The third kappa shape index (κ3) is 4.11. The normalized spacial score (nSPS) is 12.0. The van der Waals surface area contributed by atoms with Gasteiger partial charge in [-0.25, -0.2) is 4.79 Å². The Balaban J connectivity index is 2.29. The zero-order valence-corrected chi connectivity index (χ0v) is 13.2. The molecule has 0 bridgehead atoms. The van der Waals surface area contributed by atoms with Crippen molar-refractivity contribution in [3.8, 4) is 0 Å². The predicted molar refractivity (Wildman–Crippen MR) is 89.9 cm³/mol. The number of nitrogens with zero attached hydrogens (tertiary/aromatic N) is 1. The fraction of sp³-hybridized carbons (Fsp3) is 0.375. The molecule has 2 rings (SSSR count). The maximum absolute atomic E-state index is 11.7. The lowest BCUT2D eigenvalue weighted by atomic mass is 10.1. The fourth-order valence-corrected chi connectivity index (χ4v) is 2.76. The van der Waals surface area contributed by atoms with Crippen LogP contribution in [0.2, 0.25) is 0 Å². The Hall–Kier alpha value is -1.75. The molecule has 0 spiro atoms. The van der Waals surface area contributed by atoms with Gasteiger partial charge in [0.05, 0.1) is 0 Å². The quantitative estimate of drug-likeness (QED) is 0.523. The predicted octanol–water partition coefficient (Wildman–Crippen LogP) is 3.31. The van der Waals surface area contributed by atoms with Gasteiger partial charge in [0.15, 0.2) is 5.17 Å². The number of aryl methyl sites for hydroxylation is 1. The molecule has 1 aromatic heterocycles. The number of rotatable bonds is 5. The number of benzene rings is 1. The van der Waals surface area contributed by atoms with Crippen molar-refractivity contribution in [1.29, 1.82) is 0 Å². The summed E-state index contributed by atoms with van der Waals surface area (Å²) in [5.74, 6) is 0.618. The molecule has 0 atom stereocenters. The van der Waals surface area contributed by atoms with Crippen molar-refractivity contribution in [3.05, 3.63) is 45.8 Å². The highest BCUT2D eigenvalue weighted by molar-refractivity contribution is 8.13. The average molecular weight is 304 g/mol. The summed E-state index contributed by atoms with van der Waals surface area (Å²) in [5, 5.41) is 1.52. The van der Waals surface area contributed by atoms with Crippen molar-refractivity contribution < 1.29 is 4.42 Å². The van der Waals surface area contributed by atoms with Gasteiger partial charge in [-0.1, -0.05) is 37.7 Å². The van der Waals surface area contributed by atoms with E-state index in [4.69, 9.17) is 10.2 Å². The van der Waals surface area contributed by atoms with Gasteiger partial charge in [-0.2, -0.15) is 0 Å². The molecular formula is C16H20N2O2S. The number of hydrogen-bond acceptors (Lipinski definition) is 4. The van der Waals surface area contributed by atoms with Crippen molar-refractivity contribution in [2.75, 3.05) is 6.54 Å². The lowest BCUT2D eigenvalue weighted by Gasteiger charge is -2.06. The first-order chi connectivity index (χ1) is 10.1. The van der Waals surface area contributed by atoms with E-state index in [2.05, 4.69) is 24.9 Å². The van der Waals surface area contributed by atoms with Crippen molar-refractivity contribution in [2.45, 2.75) is 32.4 Å². The summed E-state index contributed by atoms with van der Waals surface area (Å²) in [6, 6.07) is 7.53. The molecule has 112 valence electrons. The topological polar surface area (TPSA) is 68.6 Å². The second-order valence-corrected chi connectivity index (χ2v) is 5.78. The van der Waals surface area contributed by atoms with E-state index in [1.54, 1.807) is 0 Å². The van der Waals surface area contributed by atoms with E-state index in [0.29, 0.717) is 16.5 Å². The minimum atomic E-state index is -0.324. The maximum atomic E-state index is 11.7. The van der Waals surface area contributed by atoms with Crippen LogP contribution in [0.5, 0.6) is 0 Å². The number of hydrogen-bond donors (Lipinski definition) is 1. The van der Waals surface area contributed by atoms with E-state index in [1.165, 1.54) is 17.8 Å². The van der Waals surface area contributed by atoms with Crippen molar-refractivity contribution in [2.24, 2.45) is 10.7 Å². The maximum Gasteiger partial charge on any atom is 0.336 e. The van der Waals surface area contributed by atoms with Gasteiger partial charge >= 0.3 is 5.63 Å². The molecule has 0 amide bonds. The van der Waals surface area contributed by atoms with Gasteiger partial charge < -0.3 is 10.2 Å². The number of aliphatic imine (C=N–C) groups is 1. The highest BCUT2D eigenvalue weighted by atomic mass is 32.2.